The van der Waals surface area contributed by atoms with Gasteiger partial charge in [-0.3, -0.25) is 9.69 Å². The number of aliphatic hydroxyl groups excluding tert-OH is 1. The Balaban J connectivity index is 2.54. The molecule has 0 aliphatic carbocycles. The third-order valence-electron chi connectivity index (χ3n) is 2.40. The molecule has 0 aromatic heterocycles. The van der Waals surface area contributed by atoms with E-state index in [1.165, 1.54) is 0 Å². The number of carbonyl (C=O) groups is 1. The highest BCUT2D eigenvalue weighted by Crippen LogP contribution is 2.20. The van der Waals surface area contributed by atoms with E-state index in [2.05, 4.69) is 5.32 Å². The first-order valence-electron chi connectivity index (χ1n) is 5.18. The summed E-state index contributed by atoms with van der Waals surface area (Å²) in [5, 5.41) is 11.7. The van der Waals surface area contributed by atoms with Gasteiger partial charge in [-0.05, 0) is 13.8 Å². The second-order valence-corrected chi connectivity index (χ2v) is 4.52. The van der Waals surface area contributed by atoms with Gasteiger partial charge >= 0.3 is 0 Å². The minimum atomic E-state index is -0.306. The fraction of sp³-hybridized carbons (Fsp3) is 0.900. The Morgan fingerprint density at radius 2 is 2.33 bits per heavy atom. The molecule has 1 fully saturated rings. The quantitative estimate of drug-likeness (QED) is 0.648. The standard InChI is InChI=1S/C10H20N2O3/c1-10(2)7-12(5-9(14)11-3)4-8(6-13)15-10/h8,13H,4-7H2,1-3H3,(H,11,14). The van der Waals surface area contributed by atoms with Crippen molar-refractivity contribution in [1.82, 2.24) is 10.2 Å². The largest absolute Gasteiger partial charge is 0.394 e. The van der Waals surface area contributed by atoms with Crippen LogP contribution in [0.15, 0.2) is 0 Å². The lowest BCUT2D eigenvalue weighted by Crippen LogP contribution is -2.55. The van der Waals surface area contributed by atoms with Crippen LogP contribution in [0.2, 0.25) is 0 Å². The fourth-order valence-electron chi connectivity index (χ4n) is 1.91. The van der Waals surface area contributed by atoms with Crippen molar-refractivity contribution in [3.8, 4) is 0 Å². The van der Waals surface area contributed by atoms with E-state index in [1.807, 2.05) is 18.7 Å². The van der Waals surface area contributed by atoms with Gasteiger partial charge in [-0.25, -0.2) is 0 Å². The lowest BCUT2D eigenvalue weighted by Gasteiger charge is -2.41. The molecule has 0 saturated carbocycles. The van der Waals surface area contributed by atoms with Crippen LogP contribution in [0.5, 0.6) is 0 Å². The number of likely N-dealkylation sites (N-methyl/N-ethyl adjacent to an activating group) is 1. The molecule has 5 heteroatoms. The number of morpholine rings is 1. The van der Waals surface area contributed by atoms with E-state index < -0.39 is 0 Å². The van der Waals surface area contributed by atoms with Gasteiger partial charge in [-0.15, -0.1) is 0 Å². The minimum Gasteiger partial charge on any atom is -0.394 e. The summed E-state index contributed by atoms with van der Waals surface area (Å²) in [5.74, 6) is -0.00982. The Labute approximate surface area is 90.4 Å². The molecule has 1 unspecified atom stereocenters. The van der Waals surface area contributed by atoms with E-state index in [1.54, 1.807) is 7.05 Å². The van der Waals surface area contributed by atoms with E-state index in [0.29, 0.717) is 19.6 Å². The lowest BCUT2D eigenvalue weighted by atomic mass is 10.1. The predicted octanol–water partition coefficient (Wildman–Crippen LogP) is -0.796. The van der Waals surface area contributed by atoms with Crippen molar-refractivity contribution in [2.45, 2.75) is 25.6 Å². The molecule has 1 rings (SSSR count). The highest BCUT2D eigenvalue weighted by atomic mass is 16.5. The lowest BCUT2D eigenvalue weighted by molar-refractivity contribution is -0.153. The van der Waals surface area contributed by atoms with Crippen LogP contribution in [0.1, 0.15) is 13.8 Å². The van der Waals surface area contributed by atoms with Crippen molar-refractivity contribution in [2.75, 3.05) is 33.3 Å². The SMILES string of the molecule is CNC(=O)CN1CC(CO)OC(C)(C)C1. The van der Waals surface area contributed by atoms with Crippen LogP contribution in [0, 0.1) is 0 Å². The van der Waals surface area contributed by atoms with Gasteiger partial charge in [-0.1, -0.05) is 0 Å². The van der Waals surface area contributed by atoms with Crippen LogP contribution in [0.25, 0.3) is 0 Å². The van der Waals surface area contributed by atoms with Gasteiger partial charge in [0.05, 0.1) is 24.9 Å². The number of nitrogens with one attached hydrogen (secondary N) is 1. The number of rotatable bonds is 3. The van der Waals surface area contributed by atoms with Crippen LogP contribution in [0.4, 0.5) is 0 Å². The summed E-state index contributed by atoms with van der Waals surface area (Å²) in [6, 6.07) is 0. The Morgan fingerprint density at radius 3 is 2.87 bits per heavy atom. The normalized spacial score (nSPS) is 26.3. The summed E-state index contributed by atoms with van der Waals surface area (Å²) in [6.07, 6.45) is -0.196. The predicted molar refractivity (Wildman–Crippen MR) is 56.5 cm³/mol. The number of aliphatic hydroxyl groups is 1. The molecule has 0 spiro atoms. The molecule has 0 radical (unpaired) electrons. The molecule has 15 heavy (non-hydrogen) atoms. The van der Waals surface area contributed by atoms with Crippen LogP contribution < -0.4 is 5.32 Å². The van der Waals surface area contributed by atoms with Gasteiger partial charge in [0.2, 0.25) is 5.91 Å². The summed E-state index contributed by atoms with van der Waals surface area (Å²) in [5.41, 5.74) is -0.306. The first-order valence-corrected chi connectivity index (χ1v) is 5.18. The van der Waals surface area contributed by atoms with Crippen molar-refractivity contribution in [1.29, 1.82) is 0 Å². The number of hydrogen-bond donors (Lipinski definition) is 2. The zero-order chi connectivity index (χ0) is 11.5. The van der Waals surface area contributed by atoms with Crippen LogP contribution >= 0.6 is 0 Å². The Hall–Kier alpha value is -0.650. The van der Waals surface area contributed by atoms with Gasteiger partial charge in [-0.2, -0.15) is 0 Å². The summed E-state index contributed by atoms with van der Waals surface area (Å²) >= 11 is 0. The first-order chi connectivity index (χ1) is 6.96. The van der Waals surface area contributed by atoms with Gasteiger partial charge in [0.1, 0.15) is 0 Å². The average molecular weight is 216 g/mol. The zero-order valence-electron chi connectivity index (χ0n) is 9.62. The fourth-order valence-corrected chi connectivity index (χ4v) is 1.91. The molecule has 2 N–H and O–H groups in total. The van der Waals surface area contributed by atoms with Crippen molar-refractivity contribution in [3.05, 3.63) is 0 Å². The number of nitrogens with zero attached hydrogens (tertiary/aromatic N) is 1. The topological polar surface area (TPSA) is 61.8 Å². The van der Waals surface area contributed by atoms with Crippen LogP contribution in [-0.2, 0) is 9.53 Å². The molecule has 1 aliphatic rings. The zero-order valence-corrected chi connectivity index (χ0v) is 9.62. The monoisotopic (exact) mass is 216 g/mol. The second kappa shape index (κ2) is 4.92. The molecular formula is C10H20N2O3. The van der Waals surface area contributed by atoms with E-state index in [-0.39, 0.29) is 24.2 Å². The van der Waals surface area contributed by atoms with Crippen molar-refractivity contribution in [2.24, 2.45) is 0 Å². The highest BCUT2D eigenvalue weighted by molar-refractivity contribution is 5.77. The maximum atomic E-state index is 11.2. The highest BCUT2D eigenvalue weighted by Gasteiger charge is 2.33. The molecule has 0 aromatic rings. The molecule has 1 heterocycles. The van der Waals surface area contributed by atoms with Crippen LogP contribution in [0.3, 0.4) is 0 Å². The Bertz CT molecular complexity index is 231. The molecule has 0 bridgehead atoms. The van der Waals surface area contributed by atoms with E-state index >= 15 is 0 Å². The van der Waals surface area contributed by atoms with Crippen molar-refractivity contribution in [3.63, 3.8) is 0 Å². The number of hydrogen-bond acceptors (Lipinski definition) is 4. The average Bonchev–Trinajstić information content (AvgIpc) is 2.15. The molecular weight excluding hydrogens is 196 g/mol. The van der Waals surface area contributed by atoms with Gasteiger partial charge < -0.3 is 15.2 Å². The first kappa shape index (κ1) is 12.4. The summed E-state index contributed by atoms with van der Waals surface area (Å²) in [4.78, 5) is 13.2. The van der Waals surface area contributed by atoms with Crippen molar-refractivity contribution < 1.29 is 14.6 Å². The molecule has 0 aromatic carbocycles. The summed E-state index contributed by atoms with van der Waals surface area (Å²) in [6.45, 7) is 5.59. The molecule has 5 nitrogen and oxygen atoms in total. The van der Waals surface area contributed by atoms with Gasteiger partial charge in [0.25, 0.3) is 0 Å². The molecule has 88 valence electrons. The van der Waals surface area contributed by atoms with E-state index in [4.69, 9.17) is 9.84 Å². The number of ether oxygens (including phenoxy) is 1. The molecule has 1 atom stereocenters. The van der Waals surface area contributed by atoms with E-state index in [9.17, 15) is 4.79 Å². The minimum absolute atomic E-state index is 0.00628. The van der Waals surface area contributed by atoms with Gasteiger partial charge in [0, 0.05) is 20.1 Å². The maximum Gasteiger partial charge on any atom is 0.233 e. The molecule has 1 aliphatic heterocycles. The molecule has 1 amide bonds. The number of amides is 1. The second-order valence-electron chi connectivity index (χ2n) is 4.52. The number of carbonyl (C=O) groups excluding carboxylic acids is 1. The molecule has 1 saturated heterocycles. The third kappa shape index (κ3) is 3.77. The Kier molecular flexibility index (Phi) is 4.07. The maximum absolute atomic E-state index is 11.2. The van der Waals surface area contributed by atoms with Gasteiger partial charge in [0.15, 0.2) is 0 Å². The summed E-state index contributed by atoms with van der Waals surface area (Å²) < 4.78 is 5.65. The smallest absolute Gasteiger partial charge is 0.233 e. The third-order valence-corrected chi connectivity index (χ3v) is 2.40. The van der Waals surface area contributed by atoms with E-state index in [0.717, 1.165) is 0 Å². The van der Waals surface area contributed by atoms with Crippen LogP contribution in [-0.4, -0.2) is 60.9 Å². The Morgan fingerprint density at radius 1 is 1.67 bits per heavy atom. The summed E-state index contributed by atoms with van der Waals surface area (Å²) in [7, 11) is 1.62. The van der Waals surface area contributed by atoms with Crippen molar-refractivity contribution >= 4 is 5.91 Å².